The molecule has 22 heavy (non-hydrogen) atoms. The van der Waals surface area contributed by atoms with Crippen molar-refractivity contribution >= 4 is 35.1 Å². The summed E-state index contributed by atoms with van der Waals surface area (Å²) >= 11 is 11.8. The minimum Gasteiger partial charge on any atom is -0.452 e. The first-order valence-electron chi connectivity index (χ1n) is 6.38. The minimum absolute atomic E-state index is 0.0975. The Morgan fingerprint density at radius 3 is 1.45 bits per heavy atom. The summed E-state index contributed by atoms with van der Waals surface area (Å²) < 4.78 is 9.72. The lowest BCUT2D eigenvalue weighted by Crippen LogP contribution is -2.20. The molecule has 0 saturated carbocycles. The van der Waals surface area contributed by atoms with Gasteiger partial charge in [-0.1, -0.05) is 59.6 Å². The van der Waals surface area contributed by atoms with Crippen LogP contribution in [0.4, 0.5) is 0 Å². The van der Waals surface area contributed by atoms with Gasteiger partial charge in [0.1, 0.15) is 13.2 Å². The second-order valence-electron chi connectivity index (χ2n) is 4.34. The average Bonchev–Trinajstić information content (AvgIpc) is 2.52. The first kappa shape index (κ1) is 16.3. The van der Waals surface area contributed by atoms with E-state index in [-0.39, 0.29) is 13.2 Å². The summed E-state index contributed by atoms with van der Waals surface area (Å²) in [5.41, 5.74) is 1.22. The molecule has 0 N–H and O–H groups in total. The molecule has 0 fully saturated rings. The Morgan fingerprint density at radius 2 is 1.09 bits per heavy atom. The number of hydrogen-bond acceptors (Lipinski definition) is 4. The van der Waals surface area contributed by atoms with E-state index >= 15 is 0 Å². The number of carbonyl (C=O) groups excluding carboxylic acids is 2. The van der Waals surface area contributed by atoms with Crippen LogP contribution in [0.15, 0.2) is 48.5 Å². The highest BCUT2D eigenvalue weighted by molar-refractivity contribution is 6.32. The SMILES string of the molecule is O=C(OCc1ccccc1Cl)C(=O)OCc1ccccc1Cl. The maximum atomic E-state index is 11.6. The highest BCUT2D eigenvalue weighted by Gasteiger charge is 2.18. The Morgan fingerprint density at radius 1 is 0.727 bits per heavy atom. The molecule has 0 saturated heterocycles. The van der Waals surface area contributed by atoms with E-state index in [9.17, 15) is 9.59 Å². The van der Waals surface area contributed by atoms with Crippen LogP contribution in [0.2, 0.25) is 10.0 Å². The fourth-order valence-corrected chi connectivity index (χ4v) is 2.02. The van der Waals surface area contributed by atoms with E-state index in [2.05, 4.69) is 0 Å². The standard InChI is InChI=1S/C16H12Cl2O4/c17-13-7-3-1-5-11(13)9-21-15(19)16(20)22-10-12-6-2-4-8-14(12)18/h1-8H,9-10H2. The van der Waals surface area contributed by atoms with Crippen LogP contribution in [-0.2, 0) is 32.3 Å². The highest BCUT2D eigenvalue weighted by atomic mass is 35.5. The molecule has 114 valence electrons. The third-order valence-electron chi connectivity index (χ3n) is 2.80. The molecule has 0 aliphatic carbocycles. The summed E-state index contributed by atoms with van der Waals surface area (Å²) in [5, 5.41) is 0.916. The lowest BCUT2D eigenvalue weighted by Gasteiger charge is -2.07. The van der Waals surface area contributed by atoms with Gasteiger partial charge in [0.25, 0.3) is 0 Å². The Labute approximate surface area is 137 Å². The molecule has 2 rings (SSSR count). The van der Waals surface area contributed by atoms with Gasteiger partial charge in [-0.15, -0.1) is 0 Å². The number of rotatable bonds is 4. The maximum absolute atomic E-state index is 11.6. The average molecular weight is 339 g/mol. The molecule has 0 heterocycles. The Kier molecular flexibility index (Phi) is 5.81. The zero-order valence-electron chi connectivity index (χ0n) is 11.4. The molecule has 0 atom stereocenters. The summed E-state index contributed by atoms with van der Waals surface area (Å²) in [6, 6.07) is 13.8. The predicted octanol–water partition coefficient (Wildman–Crippen LogP) is 3.78. The molecule has 2 aromatic rings. The Hall–Kier alpha value is -2.04. The molecule has 0 radical (unpaired) electrons. The number of esters is 2. The van der Waals surface area contributed by atoms with E-state index in [1.54, 1.807) is 48.5 Å². The monoisotopic (exact) mass is 338 g/mol. The van der Waals surface area contributed by atoms with Crippen molar-refractivity contribution in [2.45, 2.75) is 13.2 Å². The number of hydrogen-bond donors (Lipinski definition) is 0. The van der Waals surface area contributed by atoms with E-state index in [1.165, 1.54) is 0 Å². The number of benzene rings is 2. The lowest BCUT2D eigenvalue weighted by molar-refractivity contribution is -0.169. The van der Waals surface area contributed by atoms with Gasteiger partial charge in [-0.25, -0.2) is 9.59 Å². The van der Waals surface area contributed by atoms with Gasteiger partial charge >= 0.3 is 11.9 Å². The van der Waals surface area contributed by atoms with Crippen LogP contribution in [-0.4, -0.2) is 11.9 Å². The van der Waals surface area contributed by atoms with Crippen molar-refractivity contribution in [3.8, 4) is 0 Å². The number of ether oxygens (including phenoxy) is 2. The van der Waals surface area contributed by atoms with E-state index in [1.807, 2.05) is 0 Å². The lowest BCUT2D eigenvalue weighted by atomic mass is 10.2. The molecule has 6 heteroatoms. The normalized spacial score (nSPS) is 10.1. The van der Waals surface area contributed by atoms with Gasteiger partial charge in [-0.2, -0.15) is 0 Å². The first-order valence-corrected chi connectivity index (χ1v) is 7.14. The van der Waals surface area contributed by atoms with Crippen LogP contribution in [0.5, 0.6) is 0 Å². The van der Waals surface area contributed by atoms with E-state index in [4.69, 9.17) is 32.7 Å². The van der Waals surface area contributed by atoms with Gasteiger partial charge < -0.3 is 9.47 Å². The largest absolute Gasteiger partial charge is 0.452 e. The molecule has 0 amide bonds. The molecular formula is C16H12Cl2O4. The minimum atomic E-state index is -1.08. The van der Waals surface area contributed by atoms with Crippen molar-refractivity contribution in [2.75, 3.05) is 0 Å². The van der Waals surface area contributed by atoms with Crippen LogP contribution in [0.3, 0.4) is 0 Å². The fraction of sp³-hybridized carbons (Fsp3) is 0.125. The summed E-state index contributed by atoms with van der Waals surface area (Å²) in [6.45, 7) is -0.195. The molecule has 0 aliphatic heterocycles. The first-order chi connectivity index (χ1) is 10.6. The second-order valence-corrected chi connectivity index (χ2v) is 5.15. The van der Waals surface area contributed by atoms with Crippen molar-refractivity contribution in [1.29, 1.82) is 0 Å². The summed E-state index contributed by atoms with van der Waals surface area (Å²) in [5.74, 6) is -2.15. The van der Waals surface area contributed by atoms with Crippen molar-refractivity contribution < 1.29 is 19.1 Å². The molecule has 0 unspecified atom stereocenters. The van der Waals surface area contributed by atoms with Gasteiger partial charge in [0.15, 0.2) is 0 Å². The molecule has 2 aromatic carbocycles. The van der Waals surface area contributed by atoms with Crippen molar-refractivity contribution in [2.24, 2.45) is 0 Å². The number of carbonyl (C=O) groups is 2. The van der Waals surface area contributed by atoms with Crippen LogP contribution < -0.4 is 0 Å². The maximum Gasteiger partial charge on any atom is 0.417 e. The topological polar surface area (TPSA) is 52.6 Å². The molecular weight excluding hydrogens is 327 g/mol. The number of halogens is 2. The molecule has 0 aromatic heterocycles. The van der Waals surface area contributed by atoms with Crippen molar-refractivity contribution in [3.63, 3.8) is 0 Å². The van der Waals surface area contributed by atoms with Gasteiger partial charge in [0.05, 0.1) is 0 Å². The van der Waals surface area contributed by atoms with Gasteiger partial charge in [0.2, 0.25) is 0 Å². The zero-order valence-corrected chi connectivity index (χ0v) is 12.9. The molecule has 4 nitrogen and oxygen atoms in total. The second kappa shape index (κ2) is 7.82. The van der Waals surface area contributed by atoms with E-state index < -0.39 is 11.9 Å². The zero-order chi connectivity index (χ0) is 15.9. The van der Waals surface area contributed by atoms with Crippen LogP contribution >= 0.6 is 23.2 Å². The quantitative estimate of drug-likeness (QED) is 0.628. The molecule has 0 bridgehead atoms. The van der Waals surface area contributed by atoms with E-state index in [0.717, 1.165) is 0 Å². The summed E-state index contributed by atoms with van der Waals surface area (Å²) in [4.78, 5) is 23.1. The fourth-order valence-electron chi connectivity index (χ4n) is 1.64. The van der Waals surface area contributed by atoms with Gasteiger partial charge in [-0.05, 0) is 12.1 Å². The van der Waals surface area contributed by atoms with Crippen molar-refractivity contribution in [3.05, 3.63) is 69.7 Å². The third kappa shape index (κ3) is 4.48. The summed E-state index contributed by atoms with van der Waals surface area (Å²) in [7, 11) is 0. The summed E-state index contributed by atoms with van der Waals surface area (Å²) in [6.07, 6.45) is 0. The Balaban J connectivity index is 1.84. The highest BCUT2D eigenvalue weighted by Crippen LogP contribution is 2.17. The van der Waals surface area contributed by atoms with Crippen LogP contribution in [0, 0.1) is 0 Å². The van der Waals surface area contributed by atoms with Gasteiger partial charge in [-0.3, -0.25) is 0 Å². The Bertz CT molecular complexity index is 626. The predicted molar refractivity (Wildman–Crippen MR) is 82.5 cm³/mol. The van der Waals surface area contributed by atoms with Crippen molar-refractivity contribution in [1.82, 2.24) is 0 Å². The van der Waals surface area contributed by atoms with Gasteiger partial charge in [0, 0.05) is 21.2 Å². The van der Waals surface area contributed by atoms with E-state index in [0.29, 0.717) is 21.2 Å². The molecule has 0 spiro atoms. The van der Waals surface area contributed by atoms with Crippen LogP contribution in [0.25, 0.3) is 0 Å². The third-order valence-corrected chi connectivity index (χ3v) is 3.54. The smallest absolute Gasteiger partial charge is 0.417 e. The molecule has 0 aliphatic rings. The van der Waals surface area contributed by atoms with Crippen LogP contribution in [0.1, 0.15) is 11.1 Å².